The van der Waals surface area contributed by atoms with Gasteiger partial charge in [0.15, 0.2) is 23.2 Å². The summed E-state index contributed by atoms with van der Waals surface area (Å²) in [5.74, 6) is -5.50. The third-order valence-electron chi connectivity index (χ3n) is 6.41. The van der Waals surface area contributed by atoms with Crippen molar-refractivity contribution < 1.29 is 30.9 Å². The van der Waals surface area contributed by atoms with Crippen LogP contribution >= 0.6 is 10.3 Å². The Morgan fingerprint density at radius 2 is 1.39 bits per heavy atom. The second-order valence-corrected chi connectivity index (χ2v) is 12.2. The fourth-order valence-corrected chi connectivity index (χ4v) is 6.27. The molecule has 2 nitrogen and oxygen atoms in total. The smallest absolute Gasteiger partial charge is 0.206 e. The number of ether oxygens (including phenoxy) is 1. The summed E-state index contributed by atoms with van der Waals surface area (Å²) in [4.78, 5) is 0. The molecule has 0 spiro atoms. The molecule has 0 amide bonds. The predicted octanol–water partition coefficient (Wildman–Crippen LogP) is 7.76. The molecule has 2 rings (SSSR count). The van der Waals surface area contributed by atoms with Crippen LogP contribution < -0.4 is 4.74 Å². The van der Waals surface area contributed by atoms with Crippen molar-refractivity contribution in [2.45, 2.75) is 59.2 Å². The molecule has 0 fully saturated rings. The quantitative estimate of drug-likeness (QED) is 0.181. The number of hydrogen-bond donors (Lipinski definition) is 0. The summed E-state index contributed by atoms with van der Waals surface area (Å²) < 4.78 is 82.6. The van der Waals surface area contributed by atoms with Crippen molar-refractivity contribution in [3.8, 4) is 5.75 Å². The summed E-state index contributed by atoms with van der Waals surface area (Å²) in [7, 11) is -1.60. The fraction of sp³-hybridized carbons (Fsp3) is 0.520. The van der Waals surface area contributed by atoms with Crippen LogP contribution in [0.4, 0.5) is 22.0 Å². The standard InChI is InChI=1S/C25H33F5O2S/c1-7-33(8-2,9-3)32-25(6,18-12-10-17(4)11-13-18)24(5,30)14-15-31-23-20(27)16-19(26)21(28)22(23)29/h10-13,16H,7-9,14-15H2,1-6H3. The van der Waals surface area contributed by atoms with Crippen LogP contribution in [0.25, 0.3) is 0 Å². The summed E-state index contributed by atoms with van der Waals surface area (Å²) in [6.45, 7) is 10.6. The van der Waals surface area contributed by atoms with Gasteiger partial charge < -0.3 is 8.92 Å². The fourth-order valence-electron chi connectivity index (χ4n) is 3.72. The van der Waals surface area contributed by atoms with E-state index in [2.05, 4.69) is 0 Å². The van der Waals surface area contributed by atoms with Crippen LogP contribution in [0.5, 0.6) is 5.75 Å². The first-order chi connectivity index (χ1) is 15.4. The van der Waals surface area contributed by atoms with Gasteiger partial charge in [-0.3, -0.25) is 0 Å². The molecule has 8 heteroatoms. The molecule has 0 radical (unpaired) electrons. The van der Waals surface area contributed by atoms with Crippen molar-refractivity contribution in [3.05, 3.63) is 64.7 Å². The van der Waals surface area contributed by atoms with Gasteiger partial charge in [-0.25, -0.2) is 17.6 Å². The first kappa shape index (κ1) is 27.4. The molecule has 2 unspecified atom stereocenters. The lowest BCUT2D eigenvalue weighted by Crippen LogP contribution is -2.48. The van der Waals surface area contributed by atoms with E-state index in [9.17, 15) is 17.6 Å². The zero-order valence-corrected chi connectivity index (χ0v) is 20.9. The molecule has 2 aromatic carbocycles. The number of aryl methyl sites for hydroxylation is 1. The summed E-state index contributed by atoms with van der Waals surface area (Å²) in [6.07, 6.45) is -0.304. The largest absolute Gasteiger partial charge is 0.487 e. The molecule has 0 saturated heterocycles. The van der Waals surface area contributed by atoms with Gasteiger partial charge in [0.2, 0.25) is 5.82 Å². The Bertz CT molecular complexity index is 937. The van der Waals surface area contributed by atoms with Crippen LogP contribution in [-0.4, -0.2) is 29.5 Å². The normalized spacial score (nSPS) is 16.2. The maximum atomic E-state index is 16.4. The average molecular weight is 493 g/mol. The Kier molecular flexibility index (Phi) is 8.85. The maximum absolute atomic E-state index is 16.4. The third kappa shape index (κ3) is 5.65. The summed E-state index contributed by atoms with van der Waals surface area (Å²) in [6, 6.07) is 7.57. The Hall–Kier alpha value is -1.80. The first-order valence-corrected chi connectivity index (χ1v) is 13.1. The minimum atomic E-state index is -2.02. The van der Waals surface area contributed by atoms with Gasteiger partial charge in [0.1, 0.15) is 11.3 Å². The SMILES string of the molecule is CCS(CC)(CC)OC(C)(c1ccc(C)cc1)C(C)(F)CCOc1c(F)cc(F)c(F)c1F. The minimum Gasteiger partial charge on any atom is -0.487 e. The van der Waals surface area contributed by atoms with E-state index < -0.39 is 57.2 Å². The van der Waals surface area contributed by atoms with Crippen LogP contribution in [0.1, 0.15) is 52.2 Å². The van der Waals surface area contributed by atoms with Gasteiger partial charge in [-0.2, -0.15) is 4.39 Å². The highest BCUT2D eigenvalue weighted by molar-refractivity contribution is 8.29. The molecule has 2 aromatic rings. The molecule has 0 saturated carbocycles. The van der Waals surface area contributed by atoms with E-state index in [1.54, 1.807) is 6.92 Å². The molecule has 0 aliphatic rings. The van der Waals surface area contributed by atoms with E-state index in [1.807, 2.05) is 52.0 Å². The van der Waals surface area contributed by atoms with Crippen LogP contribution in [0.15, 0.2) is 30.3 Å². The van der Waals surface area contributed by atoms with Crippen LogP contribution in [0, 0.1) is 30.2 Å². The number of hydrogen-bond acceptors (Lipinski definition) is 2. The van der Waals surface area contributed by atoms with Crippen molar-refractivity contribution >= 4 is 10.3 Å². The average Bonchev–Trinajstić information content (AvgIpc) is 2.78. The second kappa shape index (κ2) is 10.6. The van der Waals surface area contributed by atoms with E-state index in [1.165, 1.54) is 6.92 Å². The number of halogens is 5. The van der Waals surface area contributed by atoms with Gasteiger partial charge in [-0.1, -0.05) is 50.6 Å². The van der Waals surface area contributed by atoms with E-state index in [0.29, 0.717) is 5.56 Å². The maximum Gasteiger partial charge on any atom is 0.206 e. The topological polar surface area (TPSA) is 18.5 Å². The molecule has 0 heterocycles. The van der Waals surface area contributed by atoms with E-state index >= 15 is 4.39 Å². The molecule has 0 aliphatic carbocycles. The highest BCUT2D eigenvalue weighted by Crippen LogP contribution is 2.57. The molecule has 0 aromatic heterocycles. The molecule has 0 bridgehead atoms. The second-order valence-electron chi connectivity index (χ2n) is 8.41. The Morgan fingerprint density at radius 3 is 1.91 bits per heavy atom. The molecule has 33 heavy (non-hydrogen) atoms. The van der Waals surface area contributed by atoms with E-state index in [0.717, 1.165) is 22.8 Å². The first-order valence-electron chi connectivity index (χ1n) is 11.0. The molecular weight excluding hydrogens is 459 g/mol. The van der Waals surface area contributed by atoms with Crippen LogP contribution in [0.2, 0.25) is 0 Å². The lowest BCUT2D eigenvalue weighted by molar-refractivity contribution is -0.0684. The zero-order valence-electron chi connectivity index (χ0n) is 20.0. The summed E-state index contributed by atoms with van der Waals surface area (Å²) in [5.41, 5.74) is -1.76. The van der Waals surface area contributed by atoms with Crippen molar-refractivity contribution in [3.63, 3.8) is 0 Å². The minimum absolute atomic E-state index is 0.198. The van der Waals surface area contributed by atoms with Crippen molar-refractivity contribution in [1.82, 2.24) is 0 Å². The third-order valence-corrected chi connectivity index (χ3v) is 10.3. The number of benzene rings is 2. The van der Waals surface area contributed by atoms with Crippen molar-refractivity contribution in [1.29, 1.82) is 0 Å². The monoisotopic (exact) mass is 492 g/mol. The van der Waals surface area contributed by atoms with Gasteiger partial charge in [0, 0.05) is 12.5 Å². The lowest BCUT2D eigenvalue weighted by atomic mass is 9.79. The van der Waals surface area contributed by atoms with Gasteiger partial charge in [0.25, 0.3) is 0 Å². The molecule has 0 aliphatic heterocycles. The molecule has 2 atom stereocenters. The van der Waals surface area contributed by atoms with Crippen molar-refractivity contribution in [2.24, 2.45) is 0 Å². The predicted molar refractivity (Wildman–Crippen MR) is 125 cm³/mol. The van der Waals surface area contributed by atoms with Gasteiger partial charge in [-0.05, 0) is 43.6 Å². The van der Waals surface area contributed by atoms with Gasteiger partial charge >= 0.3 is 0 Å². The van der Waals surface area contributed by atoms with Gasteiger partial charge in [0.05, 0.1) is 6.61 Å². The highest BCUT2D eigenvalue weighted by atomic mass is 32.3. The Morgan fingerprint density at radius 1 is 0.848 bits per heavy atom. The molecule has 0 N–H and O–H groups in total. The van der Waals surface area contributed by atoms with Gasteiger partial charge in [-0.15, -0.1) is 10.3 Å². The van der Waals surface area contributed by atoms with Crippen molar-refractivity contribution in [2.75, 3.05) is 23.9 Å². The number of alkyl halides is 1. The lowest BCUT2D eigenvalue weighted by Gasteiger charge is -2.50. The highest BCUT2D eigenvalue weighted by Gasteiger charge is 2.50. The summed E-state index contributed by atoms with van der Waals surface area (Å²) >= 11 is 0. The molecular formula is C25H33F5O2S. The summed E-state index contributed by atoms with van der Waals surface area (Å²) in [5, 5.41) is 0. The Balaban J connectivity index is 2.38. The Labute approximate surface area is 195 Å². The van der Waals surface area contributed by atoms with E-state index in [-0.39, 0.29) is 12.5 Å². The molecule has 186 valence electrons. The van der Waals surface area contributed by atoms with Crippen LogP contribution in [-0.2, 0) is 9.78 Å². The van der Waals surface area contributed by atoms with E-state index in [4.69, 9.17) is 8.92 Å². The number of rotatable bonds is 11. The van der Waals surface area contributed by atoms with Crippen LogP contribution in [0.3, 0.4) is 0 Å². The zero-order chi connectivity index (χ0) is 25.0.